The van der Waals surface area contributed by atoms with Gasteiger partial charge in [-0.15, -0.1) is 0 Å². The first kappa shape index (κ1) is 10.7. The number of aromatic nitrogens is 4. The van der Waals surface area contributed by atoms with Crippen molar-refractivity contribution in [2.45, 2.75) is 18.9 Å². The molecule has 2 heterocycles. The SMILES string of the molecule is Cc1[nH]nc(NS(=O)(=O)c2ccn[nH]2)c1C. The molecule has 0 amide bonds. The van der Waals surface area contributed by atoms with E-state index in [4.69, 9.17) is 0 Å². The maximum absolute atomic E-state index is 11.8. The van der Waals surface area contributed by atoms with Crippen molar-refractivity contribution in [2.24, 2.45) is 0 Å². The van der Waals surface area contributed by atoms with Crippen LogP contribution in [0, 0.1) is 13.8 Å². The van der Waals surface area contributed by atoms with Crippen molar-refractivity contribution in [1.29, 1.82) is 0 Å². The van der Waals surface area contributed by atoms with Crippen molar-refractivity contribution in [3.8, 4) is 0 Å². The molecule has 0 saturated heterocycles. The van der Waals surface area contributed by atoms with Crippen LogP contribution in [0.4, 0.5) is 5.82 Å². The van der Waals surface area contributed by atoms with E-state index in [1.54, 1.807) is 6.92 Å². The molecule has 0 saturated carbocycles. The lowest BCUT2D eigenvalue weighted by Gasteiger charge is -2.03. The third kappa shape index (κ3) is 1.78. The number of rotatable bonds is 3. The smallest absolute Gasteiger partial charge is 0.280 e. The van der Waals surface area contributed by atoms with Gasteiger partial charge in [0.1, 0.15) is 0 Å². The maximum Gasteiger partial charge on any atom is 0.280 e. The molecule has 0 bridgehead atoms. The summed E-state index contributed by atoms with van der Waals surface area (Å²) in [6, 6.07) is 1.37. The molecule has 0 atom stereocenters. The highest BCUT2D eigenvalue weighted by Crippen LogP contribution is 2.17. The van der Waals surface area contributed by atoms with Crippen LogP contribution in [0.3, 0.4) is 0 Å². The molecule has 86 valence electrons. The van der Waals surface area contributed by atoms with E-state index >= 15 is 0 Å². The van der Waals surface area contributed by atoms with E-state index in [0.29, 0.717) is 5.82 Å². The molecule has 0 spiro atoms. The second-order valence-corrected chi connectivity index (χ2v) is 5.00. The van der Waals surface area contributed by atoms with E-state index in [2.05, 4.69) is 25.1 Å². The first-order valence-corrected chi connectivity index (χ1v) is 6.03. The van der Waals surface area contributed by atoms with Gasteiger partial charge in [-0.25, -0.2) is 0 Å². The van der Waals surface area contributed by atoms with E-state index in [1.807, 2.05) is 6.92 Å². The molecular formula is C8H11N5O2S. The zero-order chi connectivity index (χ0) is 11.8. The first-order chi connectivity index (χ1) is 7.50. The first-order valence-electron chi connectivity index (χ1n) is 4.54. The molecule has 16 heavy (non-hydrogen) atoms. The summed E-state index contributed by atoms with van der Waals surface area (Å²) in [6.07, 6.45) is 1.37. The summed E-state index contributed by atoms with van der Waals surface area (Å²) in [7, 11) is -3.63. The largest absolute Gasteiger partial charge is 0.280 e. The summed E-state index contributed by atoms with van der Waals surface area (Å²) < 4.78 is 25.9. The molecule has 2 aromatic heterocycles. The summed E-state index contributed by atoms with van der Waals surface area (Å²) in [5.74, 6) is 0.298. The van der Waals surface area contributed by atoms with E-state index < -0.39 is 10.0 Å². The van der Waals surface area contributed by atoms with Crippen LogP contribution in [-0.2, 0) is 10.0 Å². The van der Waals surface area contributed by atoms with Crippen molar-refractivity contribution in [2.75, 3.05) is 4.72 Å². The van der Waals surface area contributed by atoms with Gasteiger partial charge < -0.3 is 0 Å². The zero-order valence-electron chi connectivity index (χ0n) is 8.77. The minimum absolute atomic E-state index is 0.00699. The van der Waals surface area contributed by atoms with Crippen LogP contribution in [-0.4, -0.2) is 28.8 Å². The van der Waals surface area contributed by atoms with Crippen molar-refractivity contribution in [3.05, 3.63) is 23.5 Å². The Morgan fingerprint density at radius 2 is 2.06 bits per heavy atom. The van der Waals surface area contributed by atoms with Crippen LogP contribution in [0.1, 0.15) is 11.3 Å². The summed E-state index contributed by atoms with van der Waals surface area (Å²) in [6.45, 7) is 3.60. The molecule has 0 aromatic carbocycles. The highest BCUT2D eigenvalue weighted by molar-refractivity contribution is 7.92. The number of aromatic amines is 2. The lowest BCUT2D eigenvalue weighted by atomic mass is 10.3. The fourth-order valence-electron chi connectivity index (χ4n) is 1.16. The van der Waals surface area contributed by atoms with Crippen LogP contribution in [0.2, 0.25) is 0 Å². The number of aryl methyl sites for hydroxylation is 1. The minimum Gasteiger partial charge on any atom is -0.280 e. The van der Waals surface area contributed by atoms with Crippen LogP contribution < -0.4 is 4.72 Å². The maximum atomic E-state index is 11.8. The molecule has 3 N–H and O–H groups in total. The number of sulfonamides is 1. The van der Waals surface area contributed by atoms with Gasteiger partial charge in [-0.2, -0.15) is 18.6 Å². The molecule has 0 aliphatic carbocycles. The zero-order valence-corrected chi connectivity index (χ0v) is 9.59. The van der Waals surface area contributed by atoms with E-state index in [0.717, 1.165) is 11.3 Å². The predicted molar refractivity (Wildman–Crippen MR) is 57.5 cm³/mol. The normalized spacial score (nSPS) is 11.6. The van der Waals surface area contributed by atoms with E-state index in [-0.39, 0.29) is 5.03 Å². The summed E-state index contributed by atoms with van der Waals surface area (Å²) in [4.78, 5) is 0. The Hall–Kier alpha value is -1.83. The molecular weight excluding hydrogens is 230 g/mol. The number of hydrogen-bond donors (Lipinski definition) is 3. The third-order valence-electron chi connectivity index (χ3n) is 2.25. The molecule has 0 fully saturated rings. The Morgan fingerprint density at radius 1 is 1.31 bits per heavy atom. The van der Waals surface area contributed by atoms with Crippen LogP contribution in [0.25, 0.3) is 0 Å². The molecule has 2 aromatic rings. The lowest BCUT2D eigenvalue weighted by molar-refractivity contribution is 0.597. The van der Waals surface area contributed by atoms with Gasteiger partial charge in [-0.1, -0.05) is 0 Å². The second-order valence-electron chi connectivity index (χ2n) is 3.35. The molecule has 8 heteroatoms. The Kier molecular flexibility index (Phi) is 2.43. The van der Waals surface area contributed by atoms with Gasteiger partial charge in [0.25, 0.3) is 10.0 Å². The fourth-order valence-corrected chi connectivity index (χ4v) is 2.14. The summed E-state index contributed by atoms with van der Waals surface area (Å²) >= 11 is 0. The lowest BCUT2D eigenvalue weighted by Crippen LogP contribution is -2.14. The van der Waals surface area contributed by atoms with Crippen molar-refractivity contribution >= 4 is 15.8 Å². The molecule has 2 rings (SSSR count). The monoisotopic (exact) mass is 241 g/mol. The molecule has 0 aliphatic heterocycles. The van der Waals surface area contributed by atoms with Crippen molar-refractivity contribution in [1.82, 2.24) is 20.4 Å². The van der Waals surface area contributed by atoms with Crippen LogP contribution >= 0.6 is 0 Å². The van der Waals surface area contributed by atoms with E-state index in [1.165, 1.54) is 12.3 Å². The van der Waals surface area contributed by atoms with Gasteiger partial charge in [0.15, 0.2) is 10.8 Å². The average Bonchev–Trinajstić information content (AvgIpc) is 2.83. The second kappa shape index (κ2) is 3.63. The number of H-pyrrole nitrogens is 2. The Morgan fingerprint density at radius 3 is 2.56 bits per heavy atom. The Bertz CT molecular complexity index is 584. The number of nitrogens with one attached hydrogen (secondary N) is 3. The van der Waals surface area contributed by atoms with Gasteiger partial charge in [0.2, 0.25) is 0 Å². The Labute approximate surface area is 92.3 Å². The number of hydrogen-bond acceptors (Lipinski definition) is 4. The van der Waals surface area contributed by atoms with Gasteiger partial charge in [-0.3, -0.25) is 14.9 Å². The summed E-state index contributed by atoms with van der Waals surface area (Å²) in [5, 5.41) is 12.5. The summed E-state index contributed by atoms with van der Waals surface area (Å²) in [5.41, 5.74) is 1.59. The third-order valence-corrected chi connectivity index (χ3v) is 3.52. The molecule has 0 radical (unpaired) electrons. The standard InChI is InChI=1S/C8H11N5O2S/c1-5-6(2)10-12-8(5)13-16(14,15)7-3-4-9-11-7/h3-4H,1-2H3,(H,9,11)(H2,10,12,13). The molecule has 7 nitrogen and oxygen atoms in total. The minimum atomic E-state index is -3.63. The Balaban J connectivity index is 2.32. The van der Waals surface area contributed by atoms with Gasteiger partial charge >= 0.3 is 0 Å². The predicted octanol–water partition coefficient (Wildman–Crippen LogP) is 0.550. The van der Waals surface area contributed by atoms with Crippen molar-refractivity contribution < 1.29 is 8.42 Å². The quantitative estimate of drug-likeness (QED) is 0.730. The van der Waals surface area contributed by atoms with Gasteiger partial charge in [0, 0.05) is 11.3 Å². The van der Waals surface area contributed by atoms with E-state index in [9.17, 15) is 8.42 Å². The van der Waals surface area contributed by atoms with Gasteiger partial charge in [0.05, 0.1) is 6.20 Å². The number of anilines is 1. The molecule has 0 aliphatic rings. The highest BCUT2D eigenvalue weighted by Gasteiger charge is 2.18. The fraction of sp³-hybridized carbons (Fsp3) is 0.250. The van der Waals surface area contributed by atoms with Crippen LogP contribution in [0.5, 0.6) is 0 Å². The average molecular weight is 241 g/mol. The number of nitrogens with zero attached hydrogens (tertiary/aromatic N) is 2. The highest BCUT2D eigenvalue weighted by atomic mass is 32.2. The van der Waals surface area contributed by atoms with Crippen molar-refractivity contribution in [3.63, 3.8) is 0 Å². The van der Waals surface area contributed by atoms with Gasteiger partial charge in [-0.05, 0) is 19.9 Å². The topological polar surface area (TPSA) is 104 Å². The molecule has 0 unspecified atom stereocenters. The van der Waals surface area contributed by atoms with Crippen LogP contribution in [0.15, 0.2) is 17.3 Å².